The Morgan fingerprint density at radius 1 is 0.259 bits per heavy atom. The molecule has 0 bridgehead atoms. The lowest BCUT2D eigenvalue weighted by atomic mass is 10.1. The molecule has 0 aliphatic carbocycles. The number of rotatable bonds is 77. The number of ether oxygens (including phenoxy) is 14. The van der Waals surface area contributed by atoms with Gasteiger partial charge in [0.2, 0.25) is 0 Å². The molecule has 0 aromatic heterocycles. The molecule has 46 nitrogen and oxygen atoms in total. The van der Waals surface area contributed by atoms with E-state index in [1.165, 1.54) is 72.3 Å². The van der Waals surface area contributed by atoms with Crippen LogP contribution >= 0.6 is 76.5 Å². The summed E-state index contributed by atoms with van der Waals surface area (Å²) in [5.74, 6) is -2.63. The van der Waals surface area contributed by atoms with Crippen molar-refractivity contribution in [1.29, 1.82) is 0 Å². The van der Waals surface area contributed by atoms with Crippen molar-refractivity contribution in [2.45, 2.75) is 248 Å². The lowest BCUT2D eigenvalue weighted by Crippen LogP contribution is -2.32. The van der Waals surface area contributed by atoms with Gasteiger partial charge >= 0.3 is 41.8 Å². The highest BCUT2D eigenvalue weighted by Gasteiger charge is 2.27. The van der Waals surface area contributed by atoms with Crippen molar-refractivity contribution < 1.29 is 215 Å². The van der Waals surface area contributed by atoms with E-state index < -0.39 is 151 Å². The molecule has 0 spiro atoms. The Balaban J connectivity index is -0.000000303. The van der Waals surface area contributed by atoms with E-state index in [0.29, 0.717) is 69.3 Å². The second-order valence-electron chi connectivity index (χ2n) is 30.3. The number of thioether (sulfide) groups is 1. The van der Waals surface area contributed by atoms with E-state index in [2.05, 4.69) is 33.2 Å². The first-order valence-corrected chi connectivity index (χ1v) is 54.1. The van der Waals surface area contributed by atoms with E-state index in [1.54, 1.807) is 60.9 Å². The molecule has 0 saturated carbocycles. The number of hydrogen-bond donors (Lipinski definition) is 14. The van der Waals surface area contributed by atoms with Gasteiger partial charge < -0.3 is 138 Å². The Kier molecular flexibility index (Phi) is 105. The van der Waals surface area contributed by atoms with E-state index in [0.717, 1.165) is 45.6 Å². The number of amides is 4. The Morgan fingerprint density at radius 3 is 0.629 bits per heavy atom. The maximum absolute atomic E-state index is 11.7. The topological polar surface area (TPSA) is 692 Å². The van der Waals surface area contributed by atoms with E-state index in [4.69, 9.17) is 33.2 Å². The number of carbonyl (C=O) groups excluding carboxylic acids is 16. The van der Waals surface area contributed by atoms with Crippen molar-refractivity contribution in [1.82, 2.24) is 9.80 Å². The molecule has 14 unspecified atom stereocenters. The molecule has 2 aliphatic heterocycles. The Morgan fingerprint density at radius 2 is 0.441 bits per heavy atom. The fraction of sp³-hybridized carbons (Fsp3) is 0.778. The van der Waals surface area contributed by atoms with Gasteiger partial charge in [-0.1, -0.05) is 86.5 Å². The fourth-order valence-electron chi connectivity index (χ4n) is 10.1. The highest BCUT2D eigenvalue weighted by atomic mass is 33.1. The number of Topliss-reactive ketones (excluding diaryl/α,β-unsaturated/α-hetero) is 5. The fourth-order valence-corrected chi connectivity index (χ4v) is 14.3. The van der Waals surface area contributed by atoms with Crippen LogP contribution in [-0.2, 0) is 143 Å². The molecule has 836 valence electrons. The number of methoxy groups -OCH3 is 7. The number of hydrogen-bond acceptors (Lipinski definition) is 51. The monoisotopic (exact) mass is 2200 g/mol. The molecule has 2 heterocycles. The molecular weight excluding hydrogens is 2040 g/mol. The molecule has 0 radical (unpaired) electrons. The lowest BCUT2D eigenvalue weighted by Gasteiger charge is -2.14. The zero-order valence-corrected chi connectivity index (χ0v) is 88.1. The van der Waals surface area contributed by atoms with E-state index in [9.17, 15) is 148 Å². The van der Waals surface area contributed by atoms with Crippen LogP contribution in [0, 0.1) is 0 Å². The number of esters is 7. The summed E-state index contributed by atoms with van der Waals surface area (Å²) in [4.78, 5) is 181. The quantitative estimate of drug-likeness (QED) is 0.0134. The SMILES string of the molecule is C.C.CCC(=O)CCC(O)COCC(O)CC(=O)OC.COC(=O)CC(O)COCC(O)CCC(=O)CCN1C(=O)C=CC1=O.COC(=O)CC(O)COCC(O)CCC(=O)CCN1C(=O)C=CC1=O.COC(=O)CC(O)COCC(O)CCC(=O)CCSSC.COC(=O)CC(O)COCC(O)CCC(=O)CCSSC.COC(=O)CC(O)COCC(O)CSC.COC(=O)CC(O)COCC(O)CSSC. The van der Waals surface area contributed by atoms with E-state index in [1.807, 2.05) is 25.0 Å². The van der Waals surface area contributed by atoms with Crippen molar-refractivity contribution in [2.75, 3.05) is 203 Å². The minimum absolute atomic E-state index is 0. The first kappa shape index (κ1) is 150. The van der Waals surface area contributed by atoms with Crippen LogP contribution in [0.25, 0.3) is 0 Å². The van der Waals surface area contributed by atoms with Gasteiger partial charge in [0.1, 0.15) is 28.9 Å². The highest BCUT2D eigenvalue weighted by Crippen LogP contribution is 2.21. The van der Waals surface area contributed by atoms with Crippen LogP contribution in [0.15, 0.2) is 24.3 Å². The number of carbonyl (C=O) groups is 16. The van der Waals surface area contributed by atoms with Crippen molar-refractivity contribution in [3.63, 3.8) is 0 Å². The summed E-state index contributed by atoms with van der Waals surface area (Å²) in [6.45, 7) is 1.71. The third kappa shape index (κ3) is 97.8. The summed E-state index contributed by atoms with van der Waals surface area (Å²) in [6, 6.07) is 0. The second kappa shape index (κ2) is 101. The molecule has 53 heteroatoms. The van der Waals surface area contributed by atoms with Crippen molar-refractivity contribution in [3.8, 4) is 0 Å². The maximum Gasteiger partial charge on any atom is 0.308 e. The van der Waals surface area contributed by atoms with Gasteiger partial charge in [-0.3, -0.25) is 86.5 Å². The molecule has 0 aromatic rings. The third-order valence-electron chi connectivity index (χ3n) is 17.9. The van der Waals surface area contributed by atoms with Crippen molar-refractivity contribution >= 4 is 171 Å². The number of aliphatic hydroxyl groups excluding tert-OH is 14. The number of imide groups is 2. The predicted octanol–water partition coefficient (Wildman–Crippen LogP) is 1.25. The Bertz CT molecular complexity index is 3290. The molecule has 4 amide bonds. The average molecular weight is 2200 g/mol. The van der Waals surface area contributed by atoms with Gasteiger partial charge in [0.05, 0.1) is 273 Å². The summed E-state index contributed by atoms with van der Waals surface area (Å²) < 4.78 is 66.3. The zero-order chi connectivity index (χ0) is 108. The van der Waals surface area contributed by atoms with Crippen LogP contribution < -0.4 is 0 Å². The van der Waals surface area contributed by atoms with Gasteiger partial charge in [-0.15, -0.1) is 0 Å². The summed E-state index contributed by atoms with van der Waals surface area (Å²) >= 11 is 1.52. The minimum Gasteiger partial charge on any atom is -0.469 e. The lowest BCUT2D eigenvalue weighted by molar-refractivity contribution is -0.144. The van der Waals surface area contributed by atoms with Crippen LogP contribution in [0.3, 0.4) is 0 Å². The molecule has 0 fully saturated rings. The highest BCUT2D eigenvalue weighted by molar-refractivity contribution is 8.77. The van der Waals surface area contributed by atoms with Crippen LogP contribution in [0.5, 0.6) is 0 Å². The largest absolute Gasteiger partial charge is 0.469 e. The summed E-state index contributed by atoms with van der Waals surface area (Å²) in [6.07, 6.45) is 3.65. The Hall–Kier alpha value is -5.99. The molecular formula is C90H160N2O44S7. The molecule has 14 N–H and O–H groups in total. The number of ketones is 5. The molecule has 14 atom stereocenters. The maximum atomic E-state index is 11.7. The molecule has 0 saturated heterocycles. The average Bonchev–Trinajstić information content (AvgIpc) is 1.74. The van der Waals surface area contributed by atoms with E-state index in [-0.39, 0.29) is 233 Å². The second-order valence-corrected chi connectivity index (χ2v) is 39.2. The van der Waals surface area contributed by atoms with Crippen LogP contribution in [-0.4, -0.2) is 464 Å². The molecule has 2 aliphatic rings. The Labute approximate surface area is 866 Å². The van der Waals surface area contributed by atoms with Gasteiger partial charge in [-0.25, -0.2) is 0 Å². The van der Waals surface area contributed by atoms with Crippen LogP contribution in [0.1, 0.15) is 163 Å². The summed E-state index contributed by atoms with van der Waals surface area (Å²) in [5, 5.41) is 133. The third-order valence-corrected chi connectivity index (χ3v) is 24.1. The molecule has 2 rings (SSSR count). The van der Waals surface area contributed by atoms with Crippen LogP contribution in [0.2, 0.25) is 0 Å². The molecule has 143 heavy (non-hydrogen) atoms. The van der Waals surface area contributed by atoms with Gasteiger partial charge in [0, 0.05) is 125 Å². The number of aliphatic hydroxyl groups is 14. The van der Waals surface area contributed by atoms with Crippen LogP contribution in [0.4, 0.5) is 0 Å². The summed E-state index contributed by atoms with van der Waals surface area (Å²) in [7, 11) is 18.3. The van der Waals surface area contributed by atoms with Crippen molar-refractivity contribution in [2.24, 2.45) is 0 Å². The first-order chi connectivity index (χ1) is 66.8. The van der Waals surface area contributed by atoms with Gasteiger partial charge in [-0.2, -0.15) is 11.8 Å². The van der Waals surface area contributed by atoms with Gasteiger partial charge in [0.15, 0.2) is 0 Å². The van der Waals surface area contributed by atoms with Gasteiger partial charge in [-0.05, 0) is 57.1 Å². The number of nitrogens with zero attached hydrogens (tertiary/aromatic N) is 2. The normalized spacial score (nSPS) is 14.6. The van der Waals surface area contributed by atoms with Crippen molar-refractivity contribution in [3.05, 3.63) is 24.3 Å². The molecule has 0 aromatic carbocycles. The standard InChI is InChI=1S/2C16H23NO8.2C13H24O6S2.C12H22O6.C9H18O5S2.C9H18O5S.2CH4/c2*1-24-16(23)8-13(20)10-25-9-12(19)3-2-11(18)6-7-17-14(21)4-5-15(17)22;2*1-18-13(17)7-12(16)9-19-8-11(15)4-3-10(14)5-6-21-20-2;1-3-9(13)4-5-10(14)7-18-8-11(15)6-12(16)17-2;1-13-9(12)3-7(10)4-14-5-8(11)6-16-15-2;1-13-9(12)3-7(10)4-14-5-8(11)6-15-2;;/h2*4-5,12-13,19-20H,2-3,6-10H2,1H3;2*11-12,15-16H,3-9H2,1-2H3;10-11,14-15H,3-8H2,1-2H3;7-8,10-11H,3-6H2,1-2H3;7-8,10-11H,3-6H2,1-2H3;2*1H4. The predicted molar refractivity (Wildman–Crippen MR) is 538 cm³/mol. The summed E-state index contributed by atoms with van der Waals surface area (Å²) in [5.41, 5.74) is 0. The zero-order valence-electron chi connectivity index (χ0n) is 82.4. The van der Waals surface area contributed by atoms with E-state index >= 15 is 0 Å². The first-order valence-electron chi connectivity index (χ1n) is 44.5. The smallest absolute Gasteiger partial charge is 0.308 e. The van der Waals surface area contributed by atoms with Gasteiger partial charge in [0.25, 0.3) is 23.6 Å². The minimum atomic E-state index is -1.02.